The Balaban J connectivity index is 1.42. The molecule has 4 heterocycles. The lowest BCUT2D eigenvalue weighted by Gasteiger charge is -2.31. The number of esters is 1. The number of carbonyl (C=O) groups excluding carboxylic acids is 4. The SMILES string of the molecule is CCOC(=O)c1ccc(N2C(=O)[C@@H]3[C@H](c4ccc(O)c(OCC)c4)c4sc(=O)n(CC(=O)N5CCOCC5)c4S[C@@H]3C2=O)cc1. The minimum absolute atomic E-state index is 0.0819. The number of aromatic nitrogens is 1. The highest BCUT2D eigenvalue weighted by Crippen LogP contribution is 2.54. The fraction of sp³-hybridized carbons (Fsp3) is 0.387. The number of phenols is 1. The lowest BCUT2D eigenvalue weighted by Crippen LogP contribution is -2.43. The normalized spacial score (nSPS) is 21.0. The number of aromatic hydroxyl groups is 1. The number of thioether (sulfide) groups is 1. The molecule has 1 aromatic heterocycles. The summed E-state index contributed by atoms with van der Waals surface area (Å²) in [5, 5.41) is 9.97. The number of hydrogen-bond donors (Lipinski definition) is 1. The number of fused-ring (bicyclic) bond motifs is 2. The van der Waals surface area contributed by atoms with Crippen molar-refractivity contribution < 1.29 is 38.5 Å². The Kier molecular flexibility index (Phi) is 8.71. The Hall–Kier alpha value is -4.14. The van der Waals surface area contributed by atoms with E-state index in [4.69, 9.17) is 14.2 Å². The van der Waals surface area contributed by atoms with E-state index in [9.17, 15) is 29.1 Å². The highest BCUT2D eigenvalue weighted by atomic mass is 32.2. The molecule has 12 nitrogen and oxygen atoms in total. The molecule has 1 N–H and O–H groups in total. The summed E-state index contributed by atoms with van der Waals surface area (Å²) in [4.78, 5) is 70.0. The van der Waals surface area contributed by atoms with Crippen molar-refractivity contribution >= 4 is 52.5 Å². The maximum absolute atomic E-state index is 14.2. The Morgan fingerprint density at radius 1 is 1.00 bits per heavy atom. The molecular weight excluding hydrogens is 622 g/mol. The number of nitrogens with zero attached hydrogens (tertiary/aromatic N) is 3. The molecule has 2 aromatic carbocycles. The highest BCUT2D eigenvalue weighted by molar-refractivity contribution is 8.00. The molecule has 3 aliphatic heterocycles. The number of rotatable bonds is 8. The molecule has 236 valence electrons. The van der Waals surface area contributed by atoms with Crippen LogP contribution in [0.4, 0.5) is 5.69 Å². The van der Waals surface area contributed by atoms with Crippen LogP contribution in [0.15, 0.2) is 52.3 Å². The molecular formula is C31H31N3O9S2. The number of carbonyl (C=O) groups is 4. The molecule has 3 amide bonds. The van der Waals surface area contributed by atoms with E-state index in [-0.39, 0.29) is 47.6 Å². The van der Waals surface area contributed by atoms with E-state index in [1.165, 1.54) is 34.9 Å². The van der Waals surface area contributed by atoms with Gasteiger partial charge in [-0.05, 0) is 55.8 Å². The van der Waals surface area contributed by atoms with Gasteiger partial charge >= 0.3 is 10.8 Å². The summed E-state index contributed by atoms with van der Waals surface area (Å²) in [5.74, 6) is -3.17. The molecule has 3 atom stereocenters. The molecule has 2 saturated heterocycles. The second-order valence-corrected chi connectivity index (χ2v) is 12.7. The standard InChI is InChI=1S/C31H31N3O9S2/c1-3-42-21-15-18(7-10-20(21)35)23-24-25(28(38)34(27(24)37)19-8-5-17(6-9-19)30(39)43-4-2)44-29-26(23)45-31(40)33(29)16-22(36)32-11-13-41-14-12-32/h5-10,15,23-25,35H,3-4,11-14,16H2,1-2H3/t23-,24+,25-/m0/s1. The zero-order chi connectivity index (χ0) is 31.8. The fourth-order valence-electron chi connectivity index (χ4n) is 5.87. The van der Waals surface area contributed by atoms with Crippen molar-refractivity contribution in [3.63, 3.8) is 0 Å². The first-order valence-corrected chi connectivity index (χ1v) is 16.3. The first-order valence-electron chi connectivity index (χ1n) is 14.6. The van der Waals surface area contributed by atoms with E-state index in [0.29, 0.717) is 47.5 Å². The van der Waals surface area contributed by atoms with Crippen molar-refractivity contribution in [1.82, 2.24) is 9.47 Å². The molecule has 14 heteroatoms. The highest BCUT2D eigenvalue weighted by Gasteiger charge is 2.57. The summed E-state index contributed by atoms with van der Waals surface area (Å²) in [7, 11) is 0. The number of amides is 3. The number of morpholine rings is 1. The van der Waals surface area contributed by atoms with E-state index in [0.717, 1.165) is 28.0 Å². The molecule has 45 heavy (non-hydrogen) atoms. The van der Waals surface area contributed by atoms with Gasteiger partial charge in [-0.1, -0.05) is 29.2 Å². The van der Waals surface area contributed by atoms with Crippen LogP contribution < -0.4 is 14.5 Å². The Bertz CT molecular complexity index is 1710. The van der Waals surface area contributed by atoms with Crippen LogP contribution in [0.25, 0.3) is 0 Å². The minimum atomic E-state index is -0.900. The van der Waals surface area contributed by atoms with Gasteiger partial charge in [0.1, 0.15) is 11.8 Å². The zero-order valence-electron chi connectivity index (χ0n) is 24.6. The molecule has 0 spiro atoms. The van der Waals surface area contributed by atoms with Crippen LogP contribution in [0, 0.1) is 5.92 Å². The zero-order valence-corrected chi connectivity index (χ0v) is 26.2. The second-order valence-electron chi connectivity index (χ2n) is 10.6. The number of phenolic OH excluding ortho intramolecular Hbond substituents is 1. The van der Waals surface area contributed by atoms with E-state index in [1.54, 1.807) is 30.9 Å². The number of benzene rings is 2. The average Bonchev–Trinajstić information content (AvgIpc) is 3.49. The number of anilines is 1. The van der Waals surface area contributed by atoms with Crippen LogP contribution in [0.1, 0.15) is 40.6 Å². The molecule has 0 bridgehead atoms. The fourth-order valence-corrected chi connectivity index (χ4v) is 8.65. The summed E-state index contributed by atoms with van der Waals surface area (Å²) in [5.41, 5.74) is 1.17. The lowest BCUT2D eigenvalue weighted by atomic mass is 9.83. The predicted molar refractivity (Wildman–Crippen MR) is 165 cm³/mol. The number of imide groups is 1. The van der Waals surface area contributed by atoms with Gasteiger partial charge in [0.2, 0.25) is 17.7 Å². The van der Waals surface area contributed by atoms with Gasteiger partial charge in [0.15, 0.2) is 11.5 Å². The third-order valence-electron chi connectivity index (χ3n) is 7.99. The third kappa shape index (κ3) is 5.62. The van der Waals surface area contributed by atoms with Gasteiger partial charge in [0.05, 0.1) is 48.6 Å². The van der Waals surface area contributed by atoms with Gasteiger partial charge in [-0.15, -0.1) is 0 Å². The van der Waals surface area contributed by atoms with E-state index < -0.39 is 34.9 Å². The molecule has 2 fully saturated rings. The monoisotopic (exact) mass is 653 g/mol. The number of hydrogen-bond acceptors (Lipinski definition) is 11. The molecule has 0 aliphatic carbocycles. The van der Waals surface area contributed by atoms with Crippen molar-refractivity contribution in [3.05, 3.63) is 68.1 Å². The van der Waals surface area contributed by atoms with Crippen molar-refractivity contribution in [1.29, 1.82) is 0 Å². The van der Waals surface area contributed by atoms with Gasteiger partial charge in [-0.25, -0.2) is 9.69 Å². The largest absolute Gasteiger partial charge is 0.504 e. The van der Waals surface area contributed by atoms with Crippen LogP contribution in [-0.4, -0.2) is 83.0 Å². The molecule has 0 unspecified atom stereocenters. The van der Waals surface area contributed by atoms with Crippen molar-refractivity contribution in [2.45, 2.75) is 36.6 Å². The van der Waals surface area contributed by atoms with Crippen LogP contribution in [0.3, 0.4) is 0 Å². The Labute approximate surface area is 266 Å². The predicted octanol–water partition coefficient (Wildman–Crippen LogP) is 2.85. The Morgan fingerprint density at radius 3 is 2.42 bits per heavy atom. The average molecular weight is 654 g/mol. The summed E-state index contributed by atoms with van der Waals surface area (Å²) < 4.78 is 17.4. The van der Waals surface area contributed by atoms with Crippen molar-refractivity contribution in [3.8, 4) is 11.5 Å². The van der Waals surface area contributed by atoms with E-state index >= 15 is 0 Å². The summed E-state index contributed by atoms with van der Waals surface area (Å²) >= 11 is 2.06. The smallest absolute Gasteiger partial charge is 0.338 e. The molecule has 0 radical (unpaired) electrons. The lowest BCUT2D eigenvalue weighted by molar-refractivity contribution is -0.136. The van der Waals surface area contributed by atoms with Gasteiger partial charge in [0, 0.05) is 23.9 Å². The van der Waals surface area contributed by atoms with Crippen molar-refractivity contribution in [2.75, 3.05) is 44.4 Å². The molecule has 3 aliphatic rings. The Morgan fingerprint density at radius 2 is 1.73 bits per heavy atom. The summed E-state index contributed by atoms with van der Waals surface area (Å²) in [6.07, 6.45) is 0. The van der Waals surface area contributed by atoms with Crippen LogP contribution >= 0.6 is 23.1 Å². The van der Waals surface area contributed by atoms with Crippen LogP contribution in [0.2, 0.25) is 0 Å². The first kappa shape index (κ1) is 30.9. The van der Waals surface area contributed by atoms with Crippen molar-refractivity contribution in [2.24, 2.45) is 5.92 Å². The number of ether oxygens (including phenoxy) is 3. The number of thiazole rings is 1. The van der Waals surface area contributed by atoms with Crippen LogP contribution in [0.5, 0.6) is 11.5 Å². The molecule has 6 rings (SSSR count). The van der Waals surface area contributed by atoms with Gasteiger partial charge in [-0.3, -0.25) is 23.7 Å². The first-order chi connectivity index (χ1) is 21.7. The minimum Gasteiger partial charge on any atom is -0.504 e. The quantitative estimate of drug-likeness (QED) is 0.285. The molecule has 0 saturated carbocycles. The van der Waals surface area contributed by atoms with Crippen LogP contribution in [-0.2, 0) is 30.4 Å². The second kappa shape index (κ2) is 12.7. The van der Waals surface area contributed by atoms with Gasteiger partial charge in [0.25, 0.3) is 0 Å². The van der Waals surface area contributed by atoms with Gasteiger partial charge < -0.3 is 24.2 Å². The summed E-state index contributed by atoms with van der Waals surface area (Å²) in [6, 6.07) is 10.8. The van der Waals surface area contributed by atoms with Gasteiger partial charge in [-0.2, -0.15) is 0 Å². The maximum Gasteiger partial charge on any atom is 0.338 e. The van der Waals surface area contributed by atoms with E-state index in [2.05, 4.69) is 0 Å². The molecule has 3 aromatic rings. The third-order valence-corrected chi connectivity index (χ3v) is 10.6. The summed E-state index contributed by atoms with van der Waals surface area (Å²) in [6.45, 7) is 5.44. The maximum atomic E-state index is 14.2. The van der Waals surface area contributed by atoms with E-state index in [1.807, 2.05) is 0 Å². The topological polar surface area (TPSA) is 145 Å².